The number of hydrogen-bond donors (Lipinski definition) is 1. The number of aryl methyl sites for hydroxylation is 1. The van der Waals surface area contributed by atoms with Crippen molar-refractivity contribution < 1.29 is 14.3 Å². The monoisotopic (exact) mass is 325 g/mol. The van der Waals surface area contributed by atoms with Gasteiger partial charge in [0.1, 0.15) is 5.69 Å². The molecule has 0 atom stereocenters. The van der Waals surface area contributed by atoms with Gasteiger partial charge in [0.05, 0.1) is 29.2 Å². The van der Waals surface area contributed by atoms with Crippen LogP contribution < -0.4 is 5.73 Å². The van der Waals surface area contributed by atoms with Crippen molar-refractivity contribution >= 4 is 17.6 Å². The van der Waals surface area contributed by atoms with Gasteiger partial charge in [0.25, 0.3) is 0 Å². The van der Waals surface area contributed by atoms with Crippen LogP contribution in [-0.2, 0) is 4.74 Å². The number of ether oxygens (including phenoxy) is 1. The Morgan fingerprint density at radius 3 is 2.42 bits per heavy atom. The summed E-state index contributed by atoms with van der Waals surface area (Å²) in [7, 11) is 0. The fourth-order valence-electron chi connectivity index (χ4n) is 1.89. The van der Waals surface area contributed by atoms with Gasteiger partial charge < -0.3 is 10.5 Å². The molecule has 0 radical (unpaired) electrons. The molecule has 0 aromatic carbocycles. The number of carbonyl (C=O) groups excluding carboxylic acids is 2. The number of nitrogen functional groups attached to an aromatic ring is 1. The van der Waals surface area contributed by atoms with Crippen molar-refractivity contribution in [3.63, 3.8) is 0 Å². The van der Waals surface area contributed by atoms with Crippen LogP contribution in [0.25, 0.3) is 5.69 Å². The number of nitrogens with zero attached hydrogens (tertiary/aromatic N) is 6. The van der Waals surface area contributed by atoms with Gasteiger partial charge in [0.2, 0.25) is 0 Å². The predicted molar refractivity (Wildman–Crippen MR) is 80.1 cm³/mol. The molecule has 0 spiro atoms. The summed E-state index contributed by atoms with van der Waals surface area (Å²) in [6.07, 6.45) is 5.41. The average molecular weight is 325 g/mol. The molecule has 3 rings (SSSR count). The standard InChI is InChI=1S/C14H11N7O3/c1-8-18-20-21(19-8)12-7-17-5-3-10(12)14(23)24-13(22)9-2-4-16-6-11(9)15/h2-7H,15H2,1H3. The third-order valence-electron chi connectivity index (χ3n) is 3.01. The van der Waals surface area contributed by atoms with Gasteiger partial charge >= 0.3 is 11.9 Å². The summed E-state index contributed by atoms with van der Waals surface area (Å²) in [6.45, 7) is 1.65. The third kappa shape index (κ3) is 2.92. The SMILES string of the molecule is Cc1nnn(-c2cnccc2C(=O)OC(=O)c2ccncc2N)n1. The zero-order valence-corrected chi connectivity index (χ0v) is 12.4. The number of aromatic nitrogens is 6. The summed E-state index contributed by atoms with van der Waals surface area (Å²) in [4.78, 5) is 33.2. The van der Waals surface area contributed by atoms with Crippen molar-refractivity contribution in [2.75, 3.05) is 5.73 Å². The zero-order valence-electron chi connectivity index (χ0n) is 12.4. The summed E-state index contributed by atoms with van der Waals surface area (Å²) in [6, 6.07) is 2.75. The zero-order chi connectivity index (χ0) is 17.1. The second kappa shape index (κ2) is 6.20. The summed E-state index contributed by atoms with van der Waals surface area (Å²) in [5.41, 5.74) is 6.09. The molecule has 2 N–H and O–H groups in total. The Balaban J connectivity index is 1.89. The number of anilines is 1. The van der Waals surface area contributed by atoms with E-state index in [0.29, 0.717) is 5.82 Å². The van der Waals surface area contributed by atoms with Crippen molar-refractivity contribution in [1.29, 1.82) is 0 Å². The van der Waals surface area contributed by atoms with E-state index in [-0.39, 0.29) is 22.5 Å². The van der Waals surface area contributed by atoms with Crippen LogP contribution in [0.2, 0.25) is 0 Å². The van der Waals surface area contributed by atoms with Gasteiger partial charge in [-0.2, -0.15) is 0 Å². The van der Waals surface area contributed by atoms with Crippen LogP contribution in [0.15, 0.2) is 36.9 Å². The van der Waals surface area contributed by atoms with Gasteiger partial charge in [-0.25, -0.2) is 9.59 Å². The minimum Gasteiger partial charge on any atom is -0.397 e. The van der Waals surface area contributed by atoms with E-state index in [1.165, 1.54) is 36.9 Å². The second-order valence-electron chi connectivity index (χ2n) is 4.66. The van der Waals surface area contributed by atoms with E-state index in [9.17, 15) is 9.59 Å². The highest BCUT2D eigenvalue weighted by molar-refractivity contribution is 6.05. The smallest absolute Gasteiger partial charge is 0.348 e. The second-order valence-corrected chi connectivity index (χ2v) is 4.66. The van der Waals surface area contributed by atoms with Crippen molar-refractivity contribution in [3.8, 4) is 5.69 Å². The number of nitrogens with two attached hydrogens (primary N) is 1. The van der Waals surface area contributed by atoms with Gasteiger partial charge in [-0.3, -0.25) is 9.97 Å². The Morgan fingerprint density at radius 1 is 1.08 bits per heavy atom. The molecule has 0 saturated heterocycles. The molecule has 0 aliphatic carbocycles. The molecule has 3 aromatic heterocycles. The molecular weight excluding hydrogens is 314 g/mol. The molecule has 3 heterocycles. The molecule has 10 heteroatoms. The van der Waals surface area contributed by atoms with E-state index >= 15 is 0 Å². The number of esters is 2. The molecule has 0 amide bonds. The lowest BCUT2D eigenvalue weighted by Crippen LogP contribution is -2.17. The van der Waals surface area contributed by atoms with Crippen LogP contribution in [0, 0.1) is 6.92 Å². The van der Waals surface area contributed by atoms with Crippen LogP contribution >= 0.6 is 0 Å². The minimum absolute atomic E-state index is 0.0451. The molecule has 0 bridgehead atoms. The Bertz CT molecular complexity index is 922. The normalized spacial score (nSPS) is 10.4. The number of hydrogen-bond acceptors (Lipinski definition) is 9. The lowest BCUT2D eigenvalue weighted by Gasteiger charge is -2.07. The Hall–Kier alpha value is -3.69. The van der Waals surface area contributed by atoms with Gasteiger partial charge in [-0.1, -0.05) is 0 Å². The van der Waals surface area contributed by atoms with E-state index < -0.39 is 11.9 Å². The lowest BCUT2D eigenvalue weighted by molar-refractivity contribution is 0.0398. The topological polar surface area (TPSA) is 139 Å². The van der Waals surface area contributed by atoms with Crippen molar-refractivity contribution in [2.24, 2.45) is 0 Å². The Kier molecular flexibility index (Phi) is 3.93. The minimum atomic E-state index is -0.886. The molecule has 0 saturated carbocycles. The number of tetrazole rings is 1. The van der Waals surface area contributed by atoms with Crippen LogP contribution in [0.4, 0.5) is 5.69 Å². The lowest BCUT2D eigenvalue weighted by atomic mass is 10.2. The van der Waals surface area contributed by atoms with E-state index in [1.54, 1.807) is 6.92 Å². The fourth-order valence-corrected chi connectivity index (χ4v) is 1.89. The van der Waals surface area contributed by atoms with Crippen LogP contribution in [-0.4, -0.2) is 42.1 Å². The first-order chi connectivity index (χ1) is 11.6. The van der Waals surface area contributed by atoms with E-state index in [4.69, 9.17) is 10.5 Å². The quantitative estimate of drug-likeness (QED) is 0.533. The van der Waals surface area contributed by atoms with Crippen LogP contribution in [0.1, 0.15) is 26.5 Å². The van der Waals surface area contributed by atoms with Gasteiger partial charge in [0.15, 0.2) is 5.82 Å². The molecule has 0 unspecified atom stereocenters. The third-order valence-corrected chi connectivity index (χ3v) is 3.01. The first-order valence-electron chi connectivity index (χ1n) is 6.73. The maximum atomic E-state index is 12.3. The van der Waals surface area contributed by atoms with E-state index in [0.717, 1.165) is 4.80 Å². The van der Waals surface area contributed by atoms with Crippen molar-refractivity contribution in [2.45, 2.75) is 6.92 Å². The van der Waals surface area contributed by atoms with Crippen LogP contribution in [0.3, 0.4) is 0 Å². The van der Waals surface area contributed by atoms with Crippen molar-refractivity contribution in [1.82, 2.24) is 30.2 Å². The molecular formula is C14H11N7O3. The molecule has 3 aromatic rings. The molecule has 24 heavy (non-hydrogen) atoms. The highest BCUT2D eigenvalue weighted by atomic mass is 16.6. The number of rotatable bonds is 3. The number of pyridine rings is 2. The molecule has 0 aliphatic rings. The first kappa shape index (κ1) is 15.2. The largest absolute Gasteiger partial charge is 0.397 e. The maximum Gasteiger partial charge on any atom is 0.348 e. The molecule has 10 nitrogen and oxygen atoms in total. The number of carbonyl (C=O) groups is 2. The highest BCUT2D eigenvalue weighted by Gasteiger charge is 2.21. The summed E-state index contributed by atoms with van der Waals surface area (Å²) >= 11 is 0. The summed E-state index contributed by atoms with van der Waals surface area (Å²) in [5.74, 6) is -1.35. The maximum absolute atomic E-state index is 12.3. The molecule has 120 valence electrons. The highest BCUT2D eigenvalue weighted by Crippen LogP contribution is 2.15. The van der Waals surface area contributed by atoms with Crippen molar-refractivity contribution in [3.05, 3.63) is 53.9 Å². The molecule has 0 fully saturated rings. The molecule has 0 aliphatic heterocycles. The average Bonchev–Trinajstić information content (AvgIpc) is 3.01. The van der Waals surface area contributed by atoms with E-state index in [2.05, 4.69) is 25.4 Å². The van der Waals surface area contributed by atoms with Gasteiger partial charge in [0, 0.05) is 12.4 Å². The van der Waals surface area contributed by atoms with Gasteiger partial charge in [-0.05, 0) is 24.3 Å². The Labute approximate surface area is 135 Å². The first-order valence-corrected chi connectivity index (χ1v) is 6.73. The fraction of sp³-hybridized carbons (Fsp3) is 0.0714. The van der Waals surface area contributed by atoms with Crippen LogP contribution in [0.5, 0.6) is 0 Å². The summed E-state index contributed by atoms with van der Waals surface area (Å²) in [5, 5.41) is 11.5. The summed E-state index contributed by atoms with van der Waals surface area (Å²) < 4.78 is 4.87. The Morgan fingerprint density at radius 2 is 1.75 bits per heavy atom. The predicted octanol–water partition coefficient (Wildman–Crippen LogP) is 0.340. The van der Waals surface area contributed by atoms with E-state index in [1.807, 2.05) is 0 Å². The van der Waals surface area contributed by atoms with Gasteiger partial charge in [-0.15, -0.1) is 15.0 Å².